The SMILES string of the molecule is CCn1cc(C(=O)Nc2ccc(Cl)cc2Cl)c(=O)c2ccc(C)nc21. The molecule has 2 aromatic heterocycles. The highest BCUT2D eigenvalue weighted by molar-refractivity contribution is 6.36. The maximum Gasteiger partial charge on any atom is 0.261 e. The fourth-order valence-electron chi connectivity index (χ4n) is 2.54. The van der Waals surface area contributed by atoms with Crippen LogP contribution in [0.15, 0.2) is 41.3 Å². The van der Waals surface area contributed by atoms with E-state index in [9.17, 15) is 9.59 Å². The van der Waals surface area contributed by atoms with Gasteiger partial charge >= 0.3 is 0 Å². The summed E-state index contributed by atoms with van der Waals surface area (Å²) in [6, 6.07) is 8.17. The first-order valence-electron chi connectivity index (χ1n) is 7.68. The van der Waals surface area contributed by atoms with Crippen molar-refractivity contribution < 1.29 is 4.79 Å². The van der Waals surface area contributed by atoms with Crippen LogP contribution in [0.5, 0.6) is 0 Å². The van der Waals surface area contributed by atoms with Gasteiger partial charge in [-0.15, -0.1) is 0 Å². The molecule has 0 aliphatic carbocycles. The summed E-state index contributed by atoms with van der Waals surface area (Å²) < 4.78 is 1.78. The largest absolute Gasteiger partial charge is 0.332 e. The molecule has 0 unspecified atom stereocenters. The molecule has 1 N–H and O–H groups in total. The third-order valence-electron chi connectivity index (χ3n) is 3.83. The first kappa shape index (κ1) is 17.5. The summed E-state index contributed by atoms with van der Waals surface area (Å²) in [5, 5.41) is 3.83. The molecule has 0 fully saturated rings. The van der Waals surface area contributed by atoms with Crippen molar-refractivity contribution in [3.05, 3.63) is 68.1 Å². The molecule has 0 saturated heterocycles. The van der Waals surface area contributed by atoms with Gasteiger partial charge in [0.2, 0.25) is 5.43 Å². The Labute approximate surface area is 154 Å². The van der Waals surface area contributed by atoms with E-state index in [1.54, 1.807) is 28.8 Å². The summed E-state index contributed by atoms with van der Waals surface area (Å²) in [4.78, 5) is 29.7. The number of pyridine rings is 2. The summed E-state index contributed by atoms with van der Waals surface area (Å²) in [5.74, 6) is -0.529. The van der Waals surface area contributed by atoms with Gasteiger partial charge in [-0.1, -0.05) is 23.2 Å². The highest BCUT2D eigenvalue weighted by Crippen LogP contribution is 2.25. The summed E-state index contributed by atoms with van der Waals surface area (Å²) >= 11 is 11.9. The maximum absolute atomic E-state index is 12.7. The van der Waals surface area contributed by atoms with E-state index in [2.05, 4.69) is 10.3 Å². The van der Waals surface area contributed by atoms with E-state index in [0.29, 0.717) is 33.3 Å². The quantitative estimate of drug-likeness (QED) is 0.742. The zero-order valence-electron chi connectivity index (χ0n) is 13.6. The van der Waals surface area contributed by atoms with E-state index in [0.717, 1.165) is 5.69 Å². The standard InChI is InChI=1S/C18H15Cl2N3O2/c1-3-23-9-13(16(24)12-6-4-10(2)21-17(12)23)18(25)22-15-7-5-11(19)8-14(15)20/h4-9H,3H2,1-2H3,(H,22,25). The van der Waals surface area contributed by atoms with Crippen LogP contribution < -0.4 is 10.7 Å². The Morgan fingerprint density at radius 1 is 1.24 bits per heavy atom. The van der Waals surface area contributed by atoms with Crippen LogP contribution in [0, 0.1) is 6.92 Å². The minimum atomic E-state index is -0.529. The fraction of sp³-hybridized carbons (Fsp3) is 0.167. The van der Waals surface area contributed by atoms with E-state index in [1.807, 2.05) is 13.8 Å². The number of amides is 1. The molecule has 2 heterocycles. The van der Waals surface area contributed by atoms with E-state index in [-0.39, 0.29) is 11.0 Å². The molecule has 0 saturated carbocycles. The number of fused-ring (bicyclic) bond motifs is 1. The minimum absolute atomic E-state index is 0.0334. The number of aromatic nitrogens is 2. The zero-order chi connectivity index (χ0) is 18.1. The van der Waals surface area contributed by atoms with Crippen molar-refractivity contribution in [3.8, 4) is 0 Å². The molecular weight excluding hydrogens is 361 g/mol. The van der Waals surface area contributed by atoms with Gasteiger partial charge in [0.25, 0.3) is 5.91 Å². The van der Waals surface area contributed by atoms with E-state index >= 15 is 0 Å². The summed E-state index contributed by atoms with van der Waals surface area (Å²) in [6.45, 7) is 4.36. The van der Waals surface area contributed by atoms with Crippen molar-refractivity contribution in [3.63, 3.8) is 0 Å². The predicted molar refractivity (Wildman–Crippen MR) is 101 cm³/mol. The Kier molecular flexibility index (Phi) is 4.79. The number of aryl methyl sites for hydroxylation is 2. The number of nitrogens with one attached hydrogen (secondary N) is 1. The third kappa shape index (κ3) is 3.38. The molecule has 1 aromatic carbocycles. The van der Waals surface area contributed by atoms with Crippen LogP contribution >= 0.6 is 23.2 Å². The highest BCUT2D eigenvalue weighted by Gasteiger charge is 2.17. The monoisotopic (exact) mass is 375 g/mol. The lowest BCUT2D eigenvalue weighted by atomic mass is 10.1. The number of anilines is 1. The van der Waals surface area contributed by atoms with Crippen molar-refractivity contribution in [1.82, 2.24) is 9.55 Å². The third-order valence-corrected chi connectivity index (χ3v) is 4.37. The van der Waals surface area contributed by atoms with Crippen LogP contribution in [-0.2, 0) is 6.54 Å². The predicted octanol–water partition coefficient (Wildman–Crippen LogP) is 4.28. The Hall–Kier alpha value is -2.37. The number of benzene rings is 1. The van der Waals surface area contributed by atoms with Gasteiger partial charge in [0.1, 0.15) is 11.2 Å². The van der Waals surface area contributed by atoms with Gasteiger partial charge in [0, 0.05) is 23.5 Å². The number of rotatable bonds is 3. The number of hydrogen-bond donors (Lipinski definition) is 1. The summed E-state index contributed by atoms with van der Waals surface area (Å²) in [5.41, 5.74) is 1.43. The van der Waals surface area contributed by atoms with Crippen LogP contribution in [-0.4, -0.2) is 15.5 Å². The van der Waals surface area contributed by atoms with Crippen LogP contribution in [0.3, 0.4) is 0 Å². The maximum atomic E-state index is 12.7. The normalized spacial score (nSPS) is 10.9. The molecule has 0 spiro atoms. The van der Waals surface area contributed by atoms with Crippen LogP contribution in [0.25, 0.3) is 11.0 Å². The molecule has 3 aromatic rings. The minimum Gasteiger partial charge on any atom is -0.332 e. The second-order valence-electron chi connectivity index (χ2n) is 5.56. The fourth-order valence-corrected chi connectivity index (χ4v) is 3.00. The molecule has 1 amide bonds. The molecule has 128 valence electrons. The Morgan fingerprint density at radius 3 is 2.68 bits per heavy atom. The lowest BCUT2D eigenvalue weighted by Crippen LogP contribution is -2.24. The van der Waals surface area contributed by atoms with Crippen molar-refractivity contribution >= 4 is 45.8 Å². The lowest BCUT2D eigenvalue weighted by molar-refractivity contribution is 0.102. The highest BCUT2D eigenvalue weighted by atomic mass is 35.5. The van der Waals surface area contributed by atoms with Crippen molar-refractivity contribution in [2.45, 2.75) is 20.4 Å². The Morgan fingerprint density at radius 2 is 2.00 bits per heavy atom. The molecule has 25 heavy (non-hydrogen) atoms. The van der Waals surface area contributed by atoms with Gasteiger partial charge in [0.05, 0.1) is 16.1 Å². The molecule has 3 rings (SSSR count). The number of hydrogen-bond acceptors (Lipinski definition) is 3. The molecule has 7 heteroatoms. The topological polar surface area (TPSA) is 64.0 Å². The Balaban J connectivity index is 2.08. The van der Waals surface area contributed by atoms with E-state index in [4.69, 9.17) is 23.2 Å². The molecule has 0 radical (unpaired) electrons. The van der Waals surface area contributed by atoms with Gasteiger partial charge in [0.15, 0.2) is 0 Å². The molecule has 0 aliphatic heterocycles. The molecular formula is C18H15Cl2N3O2. The number of nitrogens with zero attached hydrogens (tertiary/aromatic N) is 2. The van der Waals surface area contributed by atoms with Crippen molar-refractivity contribution in [2.24, 2.45) is 0 Å². The Bertz CT molecular complexity index is 1040. The molecule has 0 atom stereocenters. The lowest BCUT2D eigenvalue weighted by Gasteiger charge is -2.12. The number of carbonyl (C=O) groups is 1. The number of carbonyl (C=O) groups excluding carboxylic acids is 1. The molecule has 5 nitrogen and oxygen atoms in total. The second kappa shape index (κ2) is 6.86. The summed E-state index contributed by atoms with van der Waals surface area (Å²) in [7, 11) is 0. The summed E-state index contributed by atoms with van der Waals surface area (Å²) in [6.07, 6.45) is 1.52. The number of halogens is 2. The van der Waals surface area contributed by atoms with Gasteiger partial charge in [-0.25, -0.2) is 4.98 Å². The van der Waals surface area contributed by atoms with E-state index in [1.165, 1.54) is 12.3 Å². The van der Waals surface area contributed by atoms with Crippen LogP contribution in [0.1, 0.15) is 23.0 Å². The molecule has 0 aliphatic rings. The smallest absolute Gasteiger partial charge is 0.261 e. The van der Waals surface area contributed by atoms with Gasteiger partial charge in [-0.3, -0.25) is 9.59 Å². The van der Waals surface area contributed by atoms with E-state index < -0.39 is 5.91 Å². The van der Waals surface area contributed by atoms with Gasteiger partial charge in [-0.2, -0.15) is 0 Å². The molecule has 0 bridgehead atoms. The van der Waals surface area contributed by atoms with Gasteiger partial charge < -0.3 is 9.88 Å². The van der Waals surface area contributed by atoms with Crippen molar-refractivity contribution in [2.75, 3.05) is 5.32 Å². The average Bonchev–Trinajstić information content (AvgIpc) is 2.57. The van der Waals surface area contributed by atoms with Crippen molar-refractivity contribution in [1.29, 1.82) is 0 Å². The first-order chi connectivity index (χ1) is 11.9. The van der Waals surface area contributed by atoms with Crippen LogP contribution in [0.4, 0.5) is 5.69 Å². The average molecular weight is 376 g/mol. The zero-order valence-corrected chi connectivity index (χ0v) is 15.1. The second-order valence-corrected chi connectivity index (χ2v) is 6.40. The van der Waals surface area contributed by atoms with Crippen LogP contribution in [0.2, 0.25) is 10.0 Å². The first-order valence-corrected chi connectivity index (χ1v) is 8.43. The van der Waals surface area contributed by atoms with Gasteiger partial charge in [-0.05, 0) is 44.2 Å².